The molecule has 0 amide bonds. The fourth-order valence-corrected chi connectivity index (χ4v) is 4.48. The van der Waals surface area contributed by atoms with E-state index in [9.17, 15) is 0 Å². The van der Waals surface area contributed by atoms with Crippen molar-refractivity contribution < 1.29 is 0 Å². The molecule has 0 aliphatic carbocycles. The summed E-state index contributed by atoms with van der Waals surface area (Å²) in [4.78, 5) is 0. The molecule has 0 radical (unpaired) electrons. The van der Waals surface area contributed by atoms with Gasteiger partial charge < -0.3 is 0 Å². The molecule has 0 aromatic heterocycles. The van der Waals surface area contributed by atoms with Gasteiger partial charge in [-0.05, 0) is 23.8 Å². The molecule has 0 atom stereocenters. The zero-order chi connectivity index (χ0) is 19.9. The third-order valence-corrected chi connectivity index (χ3v) is 8.38. The Kier molecular flexibility index (Phi) is 9.04. The quantitative estimate of drug-likeness (QED) is 0.265. The second kappa shape index (κ2) is 10.6. The predicted octanol–water partition coefficient (Wildman–Crippen LogP) is 7.17. The lowest BCUT2D eigenvalue weighted by atomic mass is 10.4. The lowest BCUT2D eigenvalue weighted by Gasteiger charge is -2.19. The summed E-state index contributed by atoms with van der Waals surface area (Å²) in [6.45, 7) is 0. The summed E-state index contributed by atoms with van der Waals surface area (Å²) in [7, 11) is -0.446. The minimum Gasteiger partial charge on any atom is -0.0788 e. The molecule has 0 aliphatic heterocycles. The van der Waals surface area contributed by atoms with Crippen LogP contribution in [0.25, 0.3) is 0 Å². The average Bonchev–Trinajstić information content (AvgIpc) is 2.64. The highest BCUT2D eigenvalue weighted by atomic mass is 35.6. The van der Waals surface area contributed by atoms with E-state index in [0.717, 1.165) is 0 Å². The van der Waals surface area contributed by atoms with Gasteiger partial charge in [-0.15, -0.1) is 0 Å². The zero-order valence-electron chi connectivity index (χ0n) is 13.9. The molecular formula is C20H15Cl6P. The standard InChI is InChI=1S/C18H15P.C2Cl6/c1-4-10-16(11-5-1)19(17-12-6-2-7-13-17)18-14-8-3-9-15-18;3-1(4,5)2(6,7)8/h1-15H;. The van der Waals surface area contributed by atoms with Gasteiger partial charge in [0.05, 0.1) is 0 Å². The van der Waals surface area contributed by atoms with E-state index < -0.39 is 15.5 Å². The topological polar surface area (TPSA) is 0 Å². The molecule has 0 bridgehead atoms. The van der Waals surface area contributed by atoms with Gasteiger partial charge in [0.2, 0.25) is 7.59 Å². The fraction of sp³-hybridized carbons (Fsp3) is 0.100. The molecule has 0 aliphatic rings. The highest BCUT2D eigenvalue weighted by Crippen LogP contribution is 2.48. The minimum absolute atomic E-state index is 0.446. The summed E-state index contributed by atoms with van der Waals surface area (Å²) in [6.07, 6.45) is 0. The van der Waals surface area contributed by atoms with Crippen LogP contribution >= 0.6 is 77.5 Å². The Bertz CT molecular complexity index is 693. The molecule has 3 rings (SSSR count). The molecule has 27 heavy (non-hydrogen) atoms. The van der Waals surface area contributed by atoms with Crippen molar-refractivity contribution in [3.63, 3.8) is 0 Å². The molecule has 142 valence electrons. The van der Waals surface area contributed by atoms with Gasteiger partial charge in [-0.3, -0.25) is 0 Å². The van der Waals surface area contributed by atoms with Gasteiger partial charge in [-0.25, -0.2) is 0 Å². The molecule has 0 unspecified atom stereocenters. The van der Waals surface area contributed by atoms with Crippen LogP contribution in [0.3, 0.4) is 0 Å². The number of rotatable bonds is 3. The van der Waals surface area contributed by atoms with Crippen LogP contribution in [-0.2, 0) is 0 Å². The Morgan fingerprint density at radius 1 is 0.407 bits per heavy atom. The van der Waals surface area contributed by atoms with E-state index in [1.165, 1.54) is 15.9 Å². The molecule has 0 N–H and O–H groups in total. The number of alkyl halides is 6. The van der Waals surface area contributed by atoms with Crippen LogP contribution in [0.4, 0.5) is 0 Å². The van der Waals surface area contributed by atoms with Crippen molar-refractivity contribution in [2.24, 2.45) is 0 Å². The maximum Gasteiger partial charge on any atom is 0.236 e. The maximum absolute atomic E-state index is 5.14. The fourth-order valence-electron chi connectivity index (χ4n) is 2.18. The van der Waals surface area contributed by atoms with Crippen molar-refractivity contribution in [3.05, 3.63) is 91.0 Å². The SMILES string of the molecule is ClC(Cl)(Cl)C(Cl)(Cl)Cl.c1ccc(P(c2ccccc2)c2ccccc2)cc1. The molecule has 7 heteroatoms. The number of hydrogen-bond acceptors (Lipinski definition) is 0. The van der Waals surface area contributed by atoms with Gasteiger partial charge in [-0.2, -0.15) is 0 Å². The number of halogens is 6. The Morgan fingerprint density at radius 3 is 0.815 bits per heavy atom. The summed E-state index contributed by atoms with van der Waals surface area (Å²) >= 11 is 30.9. The van der Waals surface area contributed by atoms with Crippen molar-refractivity contribution in [1.29, 1.82) is 0 Å². The Hall–Kier alpha value is -0.170. The van der Waals surface area contributed by atoms with Crippen LogP contribution < -0.4 is 15.9 Å². The second-order valence-corrected chi connectivity index (χ2v) is 12.1. The van der Waals surface area contributed by atoms with Crippen LogP contribution in [0.5, 0.6) is 0 Å². The largest absolute Gasteiger partial charge is 0.236 e. The van der Waals surface area contributed by atoms with Crippen LogP contribution in [0, 0.1) is 0 Å². The van der Waals surface area contributed by atoms with E-state index in [1.54, 1.807) is 0 Å². The monoisotopic (exact) mass is 496 g/mol. The van der Waals surface area contributed by atoms with Gasteiger partial charge in [0, 0.05) is 0 Å². The highest BCUT2D eigenvalue weighted by molar-refractivity contribution is 7.79. The summed E-state index contributed by atoms with van der Waals surface area (Å²) in [6, 6.07) is 32.3. The van der Waals surface area contributed by atoms with Gasteiger partial charge in [0.25, 0.3) is 0 Å². The predicted molar refractivity (Wildman–Crippen MR) is 126 cm³/mol. The Morgan fingerprint density at radius 2 is 0.630 bits per heavy atom. The molecule has 3 aromatic carbocycles. The van der Waals surface area contributed by atoms with Crippen molar-refractivity contribution in [2.75, 3.05) is 0 Å². The van der Waals surface area contributed by atoms with Crippen molar-refractivity contribution in [3.8, 4) is 0 Å². The molecule has 3 aromatic rings. The van der Waals surface area contributed by atoms with Crippen molar-refractivity contribution in [1.82, 2.24) is 0 Å². The van der Waals surface area contributed by atoms with Gasteiger partial charge in [-0.1, -0.05) is 161 Å². The third kappa shape index (κ3) is 7.30. The van der Waals surface area contributed by atoms with E-state index in [0.29, 0.717) is 0 Å². The average molecular weight is 499 g/mol. The Balaban J connectivity index is 0.000000279. The van der Waals surface area contributed by atoms with Crippen LogP contribution in [-0.4, -0.2) is 7.59 Å². The first-order valence-electron chi connectivity index (χ1n) is 7.79. The Labute approximate surface area is 191 Å². The van der Waals surface area contributed by atoms with E-state index >= 15 is 0 Å². The summed E-state index contributed by atoms with van der Waals surface area (Å²) in [5.41, 5.74) is 0. The van der Waals surface area contributed by atoms with Crippen LogP contribution in [0.2, 0.25) is 0 Å². The van der Waals surface area contributed by atoms with Crippen LogP contribution in [0.15, 0.2) is 91.0 Å². The van der Waals surface area contributed by atoms with Crippen molar-refractivity contribution >= 4 is 93.4 Å². The highest BCUT2D eigenvalue weighted by Gasteiger charge is 2.44. The molecule has 0 fully saturated rings. The lowest BCUT2D eigenvalue weighted by molar-refractivity contribution is 1.10. The van der Waals surface area contributed by atoms with E-state index in [4.69, 9.17) is 69.6 Å². The second-order valence-electron chi connectivity index (χ2n) is 5.34. The van der Waals surface area contributed by atoms with Crippen LogP contribution in [0.1, 0.15) is 0 Å². The number of hydrogen-bond donors (Lipinski definition) is 0. The lowest BCUT2D eigenvalue weighted by Crippen LogP contribution is -2.23. The summed E-state index contributed by atoms with van der Waals surface area (Å²) in [5.74, 6) is 0. The molecule has 0 heterocycles. The van der Waals surface area contributed by atoms with E-state index in [1.807, 2.05) is 0 Å². The smallest absolute Gasteiger partial charge is 0.0788 e. The molecular weight excluding hydrogens is 484 g/mol. The molecule has 0 saturated heterocycles. The van der Waals surface area contributed by atoms with Crippen molar-refractivity contribution in [2.45, 2.75) is 7.59 Å². The first kappa shape index (κ1) is 23.1. The van der Waals surface area contributed by atoms with E-state index in [-0.39, 0.29) is 0 Å². The minimum atomic E-state index is -1.85. The third-order valence-electron chi connectivity index (χ3n) is 3.36. The maximum atomic E-state index is 5.14. The van der Waals surface area contributed by atoms with Gasteiger partial charge >= 0.3 is 0 Å². The normalized spacial score (nSPS) is 11.7. The first-order chi connectivity index (χ1) is 12.7. The van der Waals surface area contributed by atoms with E-state index in [2.05, 4.69) is 91.0 Å². The van der Waals surface area contributed by atoms with Gasteiger partial charge in [0.1, 0.15) is 0 Å². The summed E-state index contributed by atoms with van der Waals surface area (Å²) in [5, 5.41) is 4.19. The molecule has 0 saturated carbocycles. The summed E-state index contributed by atoms with van der Waals surface area (Å²) < 4.78 is -3.70. The zero-order valence-corrected chi connectivity index (χ0v) is 19.3. The molecule has 0 nitrogen and oxygen atoms in total. The first-order valence-corrected chi connectivity index (χ1v) is 11.4. The molecule has 0 spiro atoms. The number of benzene rings is 3. The van der Waals surface area contributed by atoms with Gasteiger partial charge in [0.15, 0.2) is 0 Å².